The largest absolute Gasteiger partial charge is 0.381 e. The Hall–Kier alpha value is -0.450. The van der Waals surface area contributed by atoms with Crippen molar-refractivity contribution in [3.63, 3.8) is 0 Å². The fraction of sp³-hybridized carbons (Fsp3) is 0.769. The molecule has 0 aromatic carbocycles. The van der Waals surface area contributed by atoms with Gasteiger partial charge >= 0.3 is 0 Å². The number of rotatable bonds is 3. The standard InChI is InChI=1S/C13H19NO2S/c1-12(3-4-12)10-9-17-11(14-10)13(15-2)5-7-16-8-6-13/h9H,3-8H2,1-2H3. The normalized spacial score (nSPS) is 25.8. The fourth-order valence-corrected chi connectivity index (χ4v) is 3.62. The molecule has 0 N–H and O–H groups in total. The summed E-state index contributed by atoms with van der Waals surface area (Å²) < 4.78 is 11.2. The maximum atomic E-state index is 5.78. The van der Waals surface area contributed by atoms with Crippen LogP contribution in [0.1, 0.15) is 43.3 Å². The molecule has 17 heavy (non-hydrogen) atoms. The predicted molar refractivity (Wildman–Crippen MR) is 67.4 cm³/mol. The Balaban J connectivity index is 1.88. The zero-order valence-corrected chi connectivity index (χ0v) is 11.3. The van der Waals surface area contributed by atoms with Gasteiger partial charge in [0, 0.05) is 44.0 Å². The zero-order valence-electron chi connectivity index (χ0n) is 10.5. The maximum absolute atomic E-state index is 5.78. The summed E-state index contributed by atoms with van der Waals surface area (Å²) in [4.78, 5) is 4.85. The van der Waals surface area contributed by atoms with Gasteiger partial charge in [-0.2, -0.15) is 0 Å². The van der Waals surface area contributed by atoms with Gasteiger partial charge in [-0.25, -0.2) is 4.98 Å². The molecule has 4 heteroatoms. The lowest BCUT2D eigenvalue weighted by molar-refractivity contribution is -0.0949. The molecule has 0 bridgehead atoms. The number of aromatic nitrogens is 1. The Kier molecular flexibility index (Phi) is 2.76. The van der Waals surface area contributed by atoms with Gasteiger partial charge in [-0.05, 0) is 12.8 Å². The first-order chi connectivity index (χ1) is 8.19. The first-order valence-electron chi connectivity index (χ1n) is 6.28. The Morgan fingerprint density at radius 2 is 2.00 bits per heavy atom. The van der Waals surface area contributed by atoms with Gasteiger partial charge in [-0.3, -0.25) is 0 Å². The van der Waals surface area contributed by atoms with Crippen LogP contribution in [0.5, 0.6) is 0 Å². The second kappa shape index (κ2) is 4.04. The number of hydrogen-bond donors (Lipinski definition) is 0. The third-order valence-corrected chi connectivity index (χ3v) is 5.23. The SMILES string of the molecule is COC1(c2nc(C3(C)CC3)cs2)CCOCC1. The van der Waals surface area contributed by atoms with Crippen LogP contribution in [0.25, 0.3) is 0 Å². The molecule has 1 saturated heterocycles. The van der Waals surface area contributed by atoms with Gasteiger partial charge < -0.3 is 9.47 Å². The molecule has 1 aliphatic heterocycles. The van der Waals surface area contributed by atoms with Crippen molar-refractivity contribution in [1.29, 1.82) is 0 Å². The van der Waals surface area contributed by atoms with Crippen molar-refractivity contribution >= 4 is 11.3 Å². The average molecular weight is 253 g/mol. The molecule has 1 aromatic heterocycles. The van der Waals surface area contributed by atoms with Crippen LogP contribution in [-0.4, -0.2) is 25.3 Å². The van der Waals surface area contributed by atoms with Crippen LogP contribution in [0.15, 0.2) is 5.38 Å². The minimum absolute atomic E-state index is 0.188. The van der Waals surface area contributed by atoms with Crippen LogP contribution < -0.4 is 0 Å². The third kappa shape index (κ3) is 1.92. The summed E-state index contributed by atoms with van der Waals surface area (Å²) in [6.07, 6.45) is 4.40. The van der Waals surface area contributed by atoms with Gasteiger partial charge in [0.15, 0.2) is 0 Å². The van der Waals surface area contributed by atoms with Crippen LogP contribution in [0, 0.1) is 0 Å². The van der Waals surface area contributed by atoms with Gasteiger partial charge in [0.05, 0.1) is 5.69 Å². The third-order valence-electron chi connectivity index (χ3n) is 4.20. The van der Waals surface area contributed by atoms with E-state index in [4.69, 9.17) is 14.5 Å². The van der Waals surface area contributed by atoms with E-state index in [0.29, 0.717) is 5.41 Å². The summed E-state index contributed by atoms with van der Waals surface area (Å²) in [6.45, 7) is 3.86. The van der Waals surface area contributed by atoms with E-state index in [-0.39, 0.29) is 5.60 Å². The van der Waals surface area contributed by atoms with Crippen LogP contribution >= 0.6 is 11.3 Å². The highest BCUT2D eigenvalue weighted by molar-refractivity contribution is 7.09. The Morgan fingerprint density at radius 3 is 2.59 bits per heavy atom. The molecule has 1 saturated carbocycles. The average Bonchev–Trinajstić information content (AvgIpc) is 2.94. The first kappa shape index (κ1) is 11.6. The molecule has 0 radical (unpaired) electrons. The van der Waals surface area contributed by atoms with Crippen molar-refractivity contribution in [2.75, 3.05) is 20.3 Å². The number of hydrogen-bond acceptors (Lipinski definition) is 4. The van der Waals surface area contributed by atoms with Crippen LogP contribution in [0.3, 0.4) is 0 Å². The smallest absolute Gasteiger partial charge is 0.125 e. The van der Waals surface area contributed by atoms with E-state index in [1.54, 1.807) is 18.4 Å². The molecule has 2 aliphatic rings. The van der Waals surface area contributed by atoms with Crippen molar-refractivity contribution in [2.45, 2.75) is 43.6 Å². The minimum atomic E-state index is -0.188. The molecule has 1 aromatic rings. The highest BCUT2D eigenvalue weighted by atomic mass is 32.1. The van der Waals surface area contributed by atoms with E-state index in [9.17, 15) is 0 Å². The number of ether oxygens (including phenoxy) is 2. The lowest BCUT2D eigenvalue weighted by atomic mass is 9.94. The number of thiazole rings is 1. The molecule has 1 aliphatic carbocycles. The highest BCUT2D eigenvalue weighted by Crippen LogP contribution is 2.49. The fourth-order valence-electron chi connectivity index (χ4n) is 2.41. The highest BCUT2D eigenvalue weighted by Gasteiger charge is 2.43. The summed E-state index contributed by atoms with van der Waals surface area (Å²) in [5, 5.41) is 3.37. The molecule has 0 atom stereocenters. The summed E-state index contributed by atoms with van der Waals surface area (Å²) >= 11 is 1.75. The first-order valence-corrected chi connectivity index (χ1v) is 7.16. The van der Waals surface area contributed by atoms with Crippen molar-refractivity contribution in [3.8, 4) is 0 Å². The van der Waals surface area contributed by atoms with Crippen LogP contribution in [0.4, 0.5) is 0 Å². The van der Waals surface area contributed by atoms with Crippen molar-refractivity contribution < 1.29 is 9.47 Å². The van der Waals surface area contributed by atoms with E-state index >= 15 is 0 Å². The Labute approximate surface area is 106 Å². The van der Waals surface area contributed by atoms with E-state index in [0.717, 1.165) is 31.1 Å². The minimum Gasteiger partial charge on any atom is -0.381 e. The predicted octanol–water partition coefficient (Wildman–Crippen LogP) is 2.85. The van der Waals surface area contributed by atoms with Crippen molar-refractivity contribution in [1.82, 2.24) is 4.98 Å². The van der Waals surface area contributed by atoms with Gasteiger partial charge in [0.2, 0.25) is 0 Å². The van der Waals surface area contributed by atoms with Gasteiger partial charge in [-0.1, -0.05) is 6.92 Å². The second-order valence-corrected chi connectivity index (χ2v) is 6.27. The van der Waals surface area contributed by atoms with Crippen molar-refractivity contribution in [2.24, 2.45) is 0 Å². The molecule has 3 nitrogen and oxygen atoms in total. The molecule has 3 rings (SSSR count). The lowest BCUT2D eigenvalue weighted by Gasteiger charge is -2.33. The lowest BCUT2D eigenvalue weighted by Crippen LogP contribution is -2.35. The maximum Gasteiger partial charge on any atom is 0.125 e. The zero-order chi connectivity index (χ0) is 11.9. The van der Waals surface area contributed by atoms with E-state index in [1.165, 1.54) is 18.5 Å². The van der Waals surface area contributed by atoms with E-state index < -0.39 is 0 Å². The molecule has 0 unspecified atom stereocenters. The summed E-state index contributed by atoms with van der Waals surface area (Å²) in [6, 6.07) is 0. The molecule has 0 spiro atoms. The molecular weight excluding hydrogens is 234 g/mol. The molecular formula is C13H19NO2S. The Morgan fingerprint density at radius 1 is 1.29 bits per heavy atom. The Bertz CT molecular complexity index is 405. The van der Waals surface area contributed by atoms with Crippen LogP contribution in [-0.2, 0) is 20.5 Å². The summed E-state index contributed by atoms with van der Waals surface area (Å²) in [5.41, 5.74) is 1.43. The summed E-state index contributed by atoms with van der Waals surface area (Å²) in [7, 11) is 1.80. The monoisotopic (exact) mass is 253 g/mol. The van der Waals surface area contributed by atoms with Crippen molar-refractivity contribution in [3.05, 3.63) is 16.1 Å². The van der Waals surface area contributed by atoms with Gasteiger partial charge in [-0.15, -0.1) is 11.3 Å². The number of methoxy groups -OCH3 is 1. The second-order valence-electron chi connectivity index (χ2n) is 5.41. The van der Waals surface area contributed by atoms with E-state index in [2.05, 4.69) is 12.3 Å². The summed E-state index contributed by atoms with van der Waals surface area (Å²) in [5.74, 6) is 0. The van der Waals surface area contributed by atoms with Gasteiger partial charge in [0.25, 0.3) is 0 Å². The molecule has 0 amide bonds. The quantitative estimate of drug-likeness (QED) is 0.830. The topological polar surface area (TPSA) is 31.4 Å². The van der Waals surface area contributed by atoms with Crippen LogP contribution in [0.2, 0.25) is 0 Å². The van der Waals surface area contributed by atoms with E-state index in [1.807, 2.05) is 0 Å². The van der Waals surface area contributed by atoms with Gasteiger partial charge in [0.1, 0.15) is 10.6 Å². The number of nitrogens with zero attached hydrogens (tertiary/aromatic N) is 1. The molecule has 2 heterocycles. The molecule has 2 fully saturated rings. The molecule has 94 valence electrons.